The van der Waals surface area contributed by atoms with Crippen molar-refractivity contribution in [1.82, 2.24) is 9.78 Å². The molecule has 0 fully saturated rings. The molecule has 0 atom stereocenters. The van der Waals surface area contributed by atoms with E-state index >= 15 is 0 Å². The first-order chi connectivity index (χ1) is 14.2. The van der Waals surface area contributed by atoms with Crippen LogP contribution in [-0.4, -0.2) is 26.0 Å². The van der Waals surface area contributed by atoms with Gasteiger partial charge in [0.2, 0.25) is 0 Å². The molecule has 4 rings (SSSR count). The fraction of sp³-hybridized carbons (Fsp3) is 0.0476. The number of carboxylic acid groups (broad SMARTS) is 1. The highest BCUT2D eigenvalue weighted by Crippen LogP contribution is 2.35. The topological polar surface area (TPSA) is 75.3 Å². The molecular formula is C21H12ClF3N2O3. The molecule has 0 aliphatic carbocycles. The summed E-state index contributed by atoms with van der Waals surface area (Å²) in [5.74, 6) is -4.43. The molecule has 3 aromatic carbocycles. The number of phenols is 1. The van der Waals surface area contributed by atoms with E-state index in [-0.39, 0.29) is 28.2 Å². The number of carbonyl (C=O) groups is 1. The number of nitrogens with zero attached hydrogens (tertiary/aromatic N) is 2. The zero-order valence-corrected chi connectivity index (χ0v) is 15.8. The maximum absolute atomic E-state index is 14.7. The van der Waals surface area contributed by atoms with Crippen molar-refractivity contribution in [3.05, 3.63) is 82.1 Å². The predicted molar refractivity (Wildman–Crippen MR) is 104 cm³/mol. The van der Waals surface area contributed by atoms with Gasteiger partial charge in [-0.05, 0) is 48.0 Å². The van der Waals surface area contributed by atoms with Gasteiger partial charge in [0.05, 0.1) is 17.4 Å². The highest BCUT2D eigenvalue weighted by Gasteiger charge is 2.22. The van der Waals surface area contributed by atoms with Crippen LogP contribution in [0.1, 0.15) is 15.9 Å². The Morgan fingerprint density at radius 2 is 1.83 bits per heavy atom. The van der Waals surface area contributed by atoms with Crippen molar-refractivity contribution in [3.8, 4) is 17.0 Å². The molecule has 0 saturated carbocycles. The van der Waals surface area contributed by atoms with Gasteiger partial charge in [-0.25, -0.2) is 18.0 Å². The van der Waals surface area contributed by atoms with E-state index in [0.29, 0.717) is 17.1 Å². The first-order valence-electron chi connectivity index (χ1n) is 8.61. The van der Waals surface area contributed by atoms with Crippen molar-refractivity contribution in [2.45, 2.75) is 6.54 Å². The number of rotatable bonds is 4. The second kappa shape index (κ2) is 7.38. The van der Waals surface area contributed by atoms with Crippen LogP contribution in [0.15, 0.2) is 48.5 Å². The van der Waals surface area contributed by atoms with Crippen LogP contribution in [0.4, 0.5) is 13.2 Å². The quantitative estimate of drug-likeness (QED) is 0.463. The second-order valence-electron chi connectivity index (χ2n) is 6.57. The van der Waals surface area contributed by atoms with Crippen LogP contribution in [0.3, 0.4) is 0 Å². The molecule has 4 aromatic rings. The molecular weight excluding hydrogens is 421 g/mol. The fourth-order valence-electron chi connectivity index (χ4n) is 3.29. The average molecular weight is 433 g/mol. The molecule has 9 heteroatoms. The van der Waals surface area contributed by atoms with E-state index in [2.05, 4.69) is 5.10 Å². The fourth-order valence-corrected chi connectivity index (χ4v) is 3.53. The molecule has 0 saturated heterocycles. The Balaban J connectivity index is 1.92. The molecule has 1 heterocycles. The number of carboxylic acids is 1. The molecule has 0 radical (unpaired) electrons. The third kappa shape index (κ3) is 3.46. The second-order valence-corrected chi connectivity index (χ2v) is 7.01. The van der Waals surface area contributed by atoms with Crippen molar-refractivity contribution < 1.29 is 28.2 Å². The minimum absolute atomic E-state index is 0.0121. The van der Waals surface area contributed by atoms with Crippen LogP contribution in [0.25, 0.3) is 22.2 Å². The molecule has 0 bridgehead atoms. The Hall–Kier alpha value is -3.52. The van der Waals surface area contributed by atoms with E-state index in [0.717, 1.165) is 12.1 Å². The average Bonchev–Trinajstić information content (AvgIpc) is 3.02. The van der Waals surface area contributed by atoms with Gasteiger partial charge in [-0.15, -0.1) is 0 Å². The van der Waals surface area contributed by atoms with Gasteiger partial charge in [0, 0.05) is 10.6 Å². The normalized spacial score (nSPS) is 11.2. The van der Waals surface area contributed by atoms with Crippen LogP contribution in [0, 0.1) is 17.5 Å². The number of fused-ring (bicyclic) bond motifs is 1. The van der Waals surface area contributed by atoms with Gasteiger partial charge in [0.15, 0.2) is 0 Å². The van der Waals surface area contributed by atoms with E-state index in [1.807, 2.05) is 0 Å². The summed E-state index contributed by atoms with van der Waals surface area (Å²) in [7, 11) is 0. The lowest BCUT2D eigenvalue weighted by atomic mass is 10.0. The Morgan fingerprint density at radius 1 is 1.07 bits per heavy atom. The number of aromatic nitrogens is 2. The monoisotopic (exact) mass is 432 g/mol. The molecule has 1 aromatic heterocycles. The van der Waals surface area contributed by atoms with E-state index in [9.17, 15) is 23.1 Å². The standard InChI is InChI=1S/C21H12ClF3N2O3/c22-11-4-10(5-12(23)6-11)9-27-17-3-1-2-15(24)19(17)20(26-27)13-8-18(28)14(21(29)30)7-16(13)25/h1-8,28H,9H2,(H,29,30). The summed E-state index contributed by atoms with van der Waals surface area (Å²) < 4.78 is 44.3. The minimum atomic E-state index is -1.51. The van der Waals surface area contributed by atoms with Crippen molar-refractivity contribution in [2.24, 2.45) is 0 Å². The number of aromatic hydroxyl groups is 1. The summed E-state index contributed by atoms with van der Waals surface area (Å²) in [6.07, 6.45) is 0. The molecule has 0 aliphatic rings. The first-order valence-corrected chi connectivity index (χ1v) is 8.98. The summed E-state index contributed by atoms with van der Waals surface area (Å²) in [6, 6.07) is 9.59. The summed E-state index contributed by atoms with van der Waals surface area (Å²) in [5.41, 5.74) is -0.287. The van der Waals surface area contributed by atoms with E-state index in [1.54, 1.807) is 6.07 Å². The predicted octanol–water partition coefficient (Wildman–Crippen LogP) is 5.23. The molecule has 2 N–H and O–H groups in total. The molecule has 5 nitrogen and oxygen atoms in total. The van der Waals surface area contributed by atoms with Gasteiger partial charge in [0.1, 0.15) is 34.5 Å². The van der Waals surface area contributed by atoms with Gasteiger partial charge in [-0.2, -0.15) is 5.10 Å². The van der Waals surface area contributed by atoms with Crippen molar-refractivity contribution in [3.63, 3.8) is 0 Å². The third-order valence-electron chi connectivity index (χ3n) is 4.55. The highest BCUT2D eigenvalue weighted by atomic mass is 35.5. The van der Waals surface area contributed by atoms with Crippen LogP contribution >= 0.6 is 11.6 Å². The molecule has 0 unspecified atom stereocenters. The van der Waals surface area contributed by atoms with Crippen LogP contribution < -0.4 is 0 Å². The van der Waals surface area contributed by atoms with Crippen LogP contribution in [0.2, 0.25) is 5.02 Å². The number of benzene rings is 3. The number of hydrogen-bond donors (Lipinski definition) is 2. The summed E-state index contributed by atoms with van der Waals surface area (Å²) in [6.45, 7) is 0.0121. The zero-order valence-electron chi connectivity index (χ0n) is 15.0. The number of hydrogen-bond acceptors (Lipinski definition) is 3. The van der Waals surface area contributed by atoms with Crippen molar-refractivity contribution in [1.29, 1.82) is 0 Å². The number of halogens is 4. The maximum Gasteiger partial charge on any atom is 0.339 e. The zero-order chi connectivity index (χ0) is 21.6. The summed E-state index contributed by atoms with van der Waals surface area (Å²) in [5, 5.41) is 23.4. The lowest BCUT2D eigenvalue weighted by Crippen LogP contribution is -2.03. The number of aromatic carboxylic acids is 1. The van der Waals surface area contributed by atoms with Crippen LogP contribution in [-0.2, 0) is 6.54 Å². The Labute approximate surface area is 172 Å². The molecule has 152 valence electrons. The highest BCUT2D eigenvalue weighted by molar-refractivity contribution is 6.30. The minimum Gasteiger partial charge on any atom is -0.507 e. The summed E-state index contributed by atoms with van der Waals surface area (Å²) >= 11 is 5.88. The van der Waals surface area contributed by atoms with Gasteiger partial charge in [0.25, 0.3) is 0 Å². The molecule has 0 spiro atoms. The lowest BCUT2D eigenvalue weighted by Gasteiger charge is -2.06. The van der Waals surface area contributed by atoms with Gasteiger partial charge in [-0.1, -0.05) is 17.7 Å². The lowest BCUT2D eigenvalue weighted by molar-refractivity contribution is 0.0693. The SMILES string of the molecule is O=C(O)c1cc(F)c(-c2nn(Cc3cc(F)cc(Cl)c3)c3cccc(F)c23)cc1O. The van der Waals surface area contributed by atoms with Gasteiger partial charge < -0.3 is 10.2 Å². The van der Waals surface area contributed by atoms with Crippen LogP contribution in [0.5, 0.6) is 5.75 Å². The van der Waals surface area contributed by atoms with E-state index in [1.165, 1.54) is 28.9 Å². The van der Waals surface area contributed by atoms with Gasteiger partial charge in [-0.3, -0.25) is 4.68 Å². The van der Waals surface area contributed by atoms with E-state index in [4.69, 9.17) is 16.7 Å². The molecule has 0 amide bonds. The molecule has 0 aliphatic heterocycles. The largest absolute Gasteiger partial charge is 0.507 e. The summed E-state index contributed by atoms with van der Waals surface area (Å²) in [4.78, 5) is 11.1. The Kier molecular flexibility index (Phi) is 4.87. The third-order valence-corrected chi connectivity index (χ3v) is 4.77. The van der Waals surface area contributed by atoms with Gasteiger partial charge >= 0.3 is 5.97 Å². The van der Waals surface area contributed by atoms with Crippen molar-refractivity contribution in [2.75, 3.05) is 0 Å². The Morgan fingerprint density at radius 3 is 2.53 bits per heavy atom. The maximum atomic E-state index is 14.7. The van der Waals surface area contributed by atoms with Crippen molar-refractivity contribution >= 4 is 28.5 Å². The smallest absolute Gasteiger partial charge is 0.339 e. The molecule has 30 heavy (non-hydrogen) atoms. The first kappa shape index (κ1) is 19.8. The van der Waals surface area contributed by atoms with E-state index < -0.39 is 34.7 Å². The Bertz CT molecular complexity index is 1300.